The van der Waals surface area contributed by atoms with Gasteiger partial charge < -0.3 is 5.11 Å². The van der Waals surface area contributed by atoms with Gasteiger partial charge in [0.05, 0.1) is 11.2 Å². The molecule has 17 heavy (non-hydrogen) atoms. The topological polar surface area (TPSA) is 71.4 Å². The van der Waals surface area contributed by atoms with Crippen molar-refractivity contribution in [2.75, 3.05) is 6.26 Å². The summed E-state index contributed by atoms with van der Waals surface area (Å²) in [5.74, 6) is -2.37. The van der Waals surface area contributed by atoms with Crippen molar-refractivity contribution < 1.29 is 18.3 Å². The van der Waals surface area contributed by atoms with E-state index in [1.54, 1.807) is 24.3 Å². The Morgan fingerprint density at radius 1 is 1.29 bits per heavy atom. The first kappa shape index (κ1) is 12.4. The van der Waals surface area contributed by atoms with E-state index in [4.69, 9.17) is 16.7 Å². The van der Waals surface area contributed by atoms with Crippen molar-refractivity contribution in [3.63, 3.8) is 0 Å². The van der Waals surface area contributed by atoms with Crippen LogP contribution < -0.4 is 0 Å². The minimum absolute atomic E-state index is 0.459. The first-order valence-corrected chi connectivity index (χ1v) is 7.33. The number of carboxylic acid groups (broad SMARTS) is 1. The fraction of sp³-hybridized carbons (Fsp3) is 0.364. The summed E-state index contributed by atoms with van der Waals surface area (Å²) in [5.41, 5.74) is 0.706. The standard InChI is InChI=1S/C11H11ClO4S/c1-17(15,16)10-8(9(10)11(13)14)6-2-4-7(12)5-3-6/h2-5,8-10H,1H3,(H,13,14)/t8-,9-,10-/m0/s1. The molecule has 2 rings (SSSR count). The van der Waals surface area contributed by atoms with E-state index < -0.39 is 32.9 Å². The molecule has 92 valence electrons. The van der Waals surface area contributed by atoms with Crippen molar-refractivity contribution in [1.82, 2.24) is 0 Å². The van der Waals surface area contributed by atoms with Crippen LogP contribution in [0.1, 0.15) is 11.5 Å². The zero-order chi connectivity index (χ0) is 12.8. The third kappa shape index (κ3) is 2.30. The first-order chi connectivity index (χ1) is 7.82. The quantitative estimate of drug-likeness (QED) is 0.908. The lowest BCUT2D eigenvalue weighted by Gasteiger charge is -1.99. The molecule has 1 aliphatic rings. The Kier molecular flexibility index (Phi) is 2.91. The molecule has 0 bridgehead atoms. The van der Waals surface area contributed by atoms with Gasteiger partial charge >= 0.3 is 5.97 Å². The summed E-state index contributed by atoms with van der Waals surface area (Å²) in [6.45, 7) is 0. The number of halogens is 1. The maximum absolute atomic E-state index is 11.5. The van der Waals surface area contributed by atoms with Crippen LogP contribution in [0, 0.1) is 5.92 Å². The molecule has 0 aliphatic heterocycles. The molecule has 0 heterocycles. The molecular formula is C11H11ClO4S. The van der Waals surface area contributed by atoms with Crippen LogP contribution in [-0.2, 0) is 14.6 Å². The van der Waals surface area contributed by atoms with E-state index >= 15 is 0 Å². The molecule has 1 aliphatic carbocycles. The molecule has 0 aromatic heterocycles. The van der Waals surface area contributed by atoms with Crippen molar-refractivity contribution >= 4 is 27.4 Å². The van der Waals surface area contributed by atoms with Gasteiger partial charge in [-0.25, -0.2) is 8.42 Å². The van der Waals surface area contributed by atoms with E-state index in [1.807, 2.05) is 0 Å². The molecule has 1 saturated carbocycles. The SMILES string of the molecule is CS(=O)(=O)[C@@H]1[C@@H](C(=O)O)[C@@H]1c1ccc(Cl)cc1. The summed E-state index contributed by atoms with van der Waals surface area (Å²) in [7, 11) is -3.35. The third-order valence-corrected chi connectivity index (χ3v) is 4.82. The van der Waals surface area contributed by atoms with Crippen LogP contribution in [0.15, 0.2) is 24.3 Å². The average Bonchev–Trinajstić information content (AvgIpc) is 2.93. The summed E-state index contributed by atoms with van der Waals surface area (Å²) >= 11 is 5.73. The molecule has 0 radical (unpaired) electrons. The lowest BCUT2D eigenvalue weighted by atomic mass is 10.1. The fourth-order valence-electron chi connectivity index (χ4n) is 2.19. The van der Waals surface area contributed by atoms with Crippen LogP contribution >= 0.6 is 11.6 Å². The van der Waals surface area contributed by atoms with Crippen LogP contribution in [-0.4, -0.2) is 31.0 Å². The van der Waals surface area contributed by atoms with Gasteiger partial charge in [-0.05, 0) is 17.7 Å². The summed E-state index contributed by atoms with van der Waals surface area (Å²) in [4.78, 5) is 11.0. The van der Waals surface area contributed by atoms with Crippen molar-refractivity contribution in [2.24, 2.45) is 5.92 Å². The largest absolute Gasteiger partial charge is 0.481 e. The maximum Gasteiger partial charge on any atom is 0.308 e. The van der Waals surface area contributed by atoms with Crippen LogP contribution in [0.25, 0.3) is 0 Å². The molecule has 1 aromatic rings. The first-order valence-electron chi connectivity index (χ1n) is 4.99. The van der Waals surface area contributed by atoms with Gasteiger partial charge in [0.25, 0.3) is 0 Å². The van der Waals surface area contributed by atoms with Crippen LogP contribution in [0.2, 0.25) is 5.02 Å². The normalized spacial score (nSPS) is 27.8. The summed E-state index contributed by atoms with van der Waals surface area (Å²) in [6.07, 6.45) is 1.07. The zero-order valence-corrected chi connectivity index (χ0v) is 10.6. The smallest absolute Gasteiger partial charge is 0.308 e. The highest BCUT2D eigenvalue weighted by Gasteiger charge is 2.61. The second-order valence-electron chi connectivity index (χ2n) is 4.24. The van der Waals surface area contributed by atoms with E-state index in [0.717, 1.165) is 6.26 Å². The van der Waals surface area contributed by atoms with Crippen molar-refractivity contribution in [2.45, 2.75) is 11.2 Å². The highest BCUT2D eigenvalue weighted by Crippen LogP contribution is 2.52. The van der Waals surface area contributed by atoms with E-state index in [1.165, 1.54) is 0 Å². The average molecular weight is 275 g/mol. The number of aliphatic carboxylic acids is 1. The van der Waals surface area contributed by atoms with Crippen molar-refractivity contribution in [1.29, 1.82) is 0 Å². The Balaban J connectivity index is 2.34. The number of hydrogen-bond donors (Lipinski definition) is 1. The predicted octanol–water partition coefficient (Wildman–Crippen LogP) is 1.55. The number of rotatable bonds is 3. The van der Waals surface area contributed by atoms with Crippen LogP contribution in [0.4, 0.5) is 0 Å². The zero-order valence-electron chi connectivity index (χ0n) is 9.00. The Morgan fingerprint density at radius 3 is 2.18 bits per heavy atom. The van der Waals surface area contributed by atoms with Gasteiger partial charge in [0.2, 0.25) is 0 Å². The number of carboxylic acids is 1. The van der Waals surface area contributed by atoms with Gasteiger partial charge in [-0.2, -0.15) is 0 Å². The number of hydrogen-bond acceptors (Lipinski definition) is 3. The van der Waals surface area contributed by atoms with E-state index in [9.17, 15) is 13.2 Å². The Bertz CT molecular complexity index is 549. The van der Waals surface area contributed by atoms with Crippen molar-refractivity contribution in [3.05, 3.63) is 34.9 Å². The molecule has 3 atom stereocenters. The molecule has 0 amide bonds. The van der Waals surface area contributed by atoms with Gasteiger partial charge in [0.1, 0.15) is 0 Å². The molecule has 4 nitrogen and oxygen atoms in total. The number of sulfone groups is 1. The van der Waals surface area contributed by atoms with Gasteiger partial charge in [0.15, 0.2) is 9.84 Å². The second-order valence-corrected chi connectivity index (χ2v) is 6.88. The predicted molar refractivity (Wildman–Crippen MR) is 64.0 cm³/mol. The van der Waals surface area contributed by atoms with Gasteiger partial charge in [-0.3, -0.25) is 4.79 Å². The number of carbonyl (C=O) groups is 1. The maximum atomic E-state index is 11.5. The van der Waals surface area contributed by atoms with Crippen molar-refractivity contribution in [3.8, 4) is 0 Å². The molecule has 1 aromatic carbocycles. The third-order valence-electron chi connectivity index (χ3n) is 2.99. The van der Waals surface area contributed by atoms with E-state index in [2.05, 4.69) is 0 Å². The molecule has 0 spiro atoms. The highest BCUT2D eigenvalue weighted by atomic mass is 35.5. The molecule has 0 saturated heterocycles. The second kappa shape index (κ2) is 3.99. The number of benzene rings is 1. The van der Waals surface area contributed by atoms with E-state index in [-0.39, 0.29) is 0 Å². The minimum atomic E-state index is -3.35. The van der Waals surface area contributed by atoms with Gasteiger partial charge in [0, 0.05) is 17.2 Å². The van der Waals surface area contributed by atoms with Crippen LogP contribution in [0.3, 0.4) is 0 Å². The van der Waals surface area contributed by atoms with Gasteiger partial charge in [-0.15, -0.1) is 0 Å². The molecule has 1 fully saturated rings. The summed E-state index contributed by atoms with van der Waals surface area (Å²) < 4.78 is 22.9. The van der Waals surface area contributed by atoms with Crippen LogP contribution in [0.5, 0.6) is 0 Å². The Morgan fingerprint density at radius 2 is 1.82 bits per heavy atom. The summed E-state index contributed by atoms with van der Waals surface area (Å²) in [6, 6.07) is 6.61. The molecular weight excluding hydrogens is 264 g/mol. The highest BCUT2D eigenvalue weighted by molar-refractivity contribution is 7.91. The Hall–Kier alpha value is -1.07. The van der Waals surface area contributed by atoms with E-state index in [0.29, 0.717) is 10.6 Å². The fourth-order valence-corrected chi connectivity index (χ4v) is 3.90. The molecule has 1 N–H and O–H groups in total. The Labute approximate surface area is 104 Å². The lowest BCUT2D eigenvalue weighted by molar-refractivity contribution is -0.138. The minimum Gasteiger partial charge on any atom is -0.481 e. The monoisotopic (exact) mass is 274 g/mol. The summed E-state index contributed by atoms with van der Waals surface area (Å²) in [5, 5.41) is 8.70. The molecule has 0 unspecified atom stereocenters. The van der Waals surface area contributed by atoms with Gasteiger partial charge in [-0.1, -0.05) is 23.7 Å². The molecule has 6 heteroatoms. The lowest BCUT2D eigenvalue weighted by Crippen LogP contribution is -2.10.